The molecule has 0 spiro atoms. The van der Waals surface area contributed by atoms with E-state index in [1.165, 1.54) is 51.6 Å². The molecule has 0 unspecified atom stereocenters. The number of rotatable bonds is 6. The van der Waals surface area contributed by atoms with Gasteiger partial charge in [-0.05, 0) is 55.5 Å². The van der Waals surface area contributed by atoms with Crippen LogP contribution in [0.25, 0.3) is 41.4 Å². The number of carbonyl (C=O) groups excluding carboxylic acids is 4. The van der Waals surface area contributed by atoms with Crippen LogP contribution in [0.2, 0.25) is 0 Å². The van der Waals surface area contributed by atoms with Crippen molar-refractivity contribution in [2.24, 2.45) is 0 Å². The Hall–Kier alpha value is -4.76. The van der Waals surface area contributed by atoms with E-state index >= 15 is 0 Å². The van der Waals surface area contributed by atoms with Gasteiger partial charge in [-0.1, -0.05) is 60.5 Å². The van der Waals surface area contributed by atoms with Gasteiger partial charge in [-0.2, -0.15) is 0 Å². The molecule has 0 bridgehead atoms. The molecule has 0 atom stereocenters. The average molecular weight is 797 g/mol. The number of thiophene rings is 2. The average Bonchev–Trinajstić information content (AvgIpc) is 4.04. The molecule has 1 aromatic carbocycles. The Balaban J connectivity index is 0.000000275. The number of ether oxygens (including phenoxy) is 1. The van der Waals surface area contributed by atoms with Crippen molar-refractivity contribution in [3.8, 4) is 21.0 Å². The maximum atomic E-state index is 11.3. The maximum absolute atomic E-state index is 11.3. The molecule has 55 heavy (non-hydrogen) atoms. The largest absolute Gasteiger partial charge is 0.453 e. The molecule has 15 heteroatoms. The number of aromatic nitrogens is 4. The van der Waals surface area contributed by atoms with E-state index in [0.717, 1.165) is 68.6 Å². The van der Waals surface area contributed by atoms with Crippen LogP contribution in [0.1, 0.15) is 87.0 Å². The Kier molecular flexibility index (Phi) is 22.0. The van der Waals surface area contributed by atoms with Gasteiger partial charge in [0.15, 0.2) is 0 Å². The van der Waals surface area contributed by atoms with Gasteiger partial charge in [-0.3, -0.25) is 14.4 Å². The molecule has 6 heterocycles. The van der Waals surface area contributed by atoms with Crippen LogP contribution in [0.5, 0.6) is 0 Å². The molecule has 4 aromatic heterocycles. The molecule has 2 aliphatic rings. The van der Waals surface area contributed by atoms with Gasteiger partial charge in [-0.25, -0.2) is 14.8 Å². The zero-order chi connectivity index (χ0) is 40.6. The van der Waals surface area contributed by atoms with Crippen LogP contribution >= 0.6 is 22.7 Å². The fraction of sp³-hybridized carbons (Fsp3) is 0.500. The Morgan fingerprint density at radius 2 is 1.29 bits per heavy atom. The zero-order valence-corrected chi connectivity index (χ0v) is 35.4. The van der Waals surface area contributed by atoms with Crippen LogP contribution in [0.15, 0.2) is 49.2 Å². The standard InChI is InChI=1S/C16H10N4S2.C8H14N2O3.C8H14N2O2.2C3H8.C2H6/c1-2-10-11(20-8-19-10)3-9(1)13-4-15-16(21-13)5-14(22-15)12-6-17-7-18-12;1-13-8(12)9-6-7(11)10-4-2-3-5-10;1-7(11)9-6-8(12)10-4-2-3-5-10;2*1-3-2;1-2/h1-8H,(H,17,18)(H,19,20);2-6H2,1H3,(H,9,12);2-6H2,1H3,(H,9,11);2*3H2,1-2H3;1-2H3. The number of amides is 4. The third kappa shape index (κ3) is 15.9. The molecular formula is C40H60N8O5S2. The number of aromatic amines is 2. The number of likely N-dealkylation sites (tertiary alicyclic amines) is 2. The summed E-state index contributed by atoms with van der Waals surface area (Å²) in [6, 6.07) is 10.9. The minimum Gasteiger partial charge on any atom is -0.453 e. The number of alkyl carbamates (subject to hydrolysis) is 1. The summed E-state index contributed by atoms with van der Waals surface area (Å²) >= 11 is 3.62. The second-order valence-corrected chi connectivity index (χ2v) is 14.6. The second kappa shape index (κ2) is 26.1. The van der Waals surface area contributed by atoms with Gasteiger partial charge < -0.3 is 35.1 Å². The molecule has 4 amide bonds. The van der Waals surface area contributed by atoms with E-state index in [4.69, 9.17) is 0 Å². The van der Waals surface area contributed by atoms with Crippen molar-refractivity contribution < 1.29 is 23.9 Å². The highest BCUT2D eigenvalue weighted by atomic mass is 32.1. The number of nitrogens with zero attached hydrogens (tertiary/aromatic N) is 4. The van der Waals surface area contributed by atoms with Crippen LogP contribution < -0.4 is 10.6 Å². The number of fused-ring (bicyclic) bond motifs is 2. The minimum absolute atomic E-state index is 0.0303. The summed E-state index contributed by atoms with van der Waals surface area (Å²) in [6.45, 7) is 17.4. The Bertz CT molecular complexity index is 1800. The fourth-order valence-corrected chi connectivity index (χ4v) is 7.53. The van der Waals surface area contributed by atoms with Gasteiger partial charge >= 0.3 is 6.09 Å². The molecule has 13 nitrogen and oxygen atoms in total. The van der Waals surface area contributed by atoms with Gasteiger partial charge in [0.2, 0.25) is 17.7 Å². The van der Waals surface area contributed by atoms with Gasteiger partial charge in [0.25, 0.3) is 0 Å². The van der Waals surface area contributed by atoms with Crippen LogP contribution in [-0.2, 0) is 19.1 Å². The lowest BCUT2D eigenvalue weighted by atomic mass is 10.1. The summed E-state index contributed by atoms with van der Waals surface area (Å²) in [4.78, 5) is 64.4. The molecule has 0 aliphatic carbocycles. The van der Waals surface area contributed by atoms with Crippen molar-refractivity contribution in [3.05, 3.63) is 49.2 Å². The van der Waals surface area contributed by atoms with E-state index < -0.39 is 6.09 Å². The zero-order valence-electron chi connectivity index (χ0n) is 33.8. The number of hydrogen-bond donors (Lipinski definition) is 4. The number of methoxy groups -OCH3 is 1. The van der Waals surface area contributed by atoms with E-state index in [2.05, 4.69) is 93.3 Å². The van der Waals surface area contributed by atoms with Crippen molar-refractivity contribution >= 4 is 66.9 Å². The summed E-state index contributed by atoms with van der Waals surface area (Å²) < 4.78 is 6.97. The predicted molar refractivity (Wildman–Crippen MR) is 226 cm³/mol. The lowest BCUT2D eigenvalue weighted by Gasteiger charge is -2.14. The van der Waals surface area contributed by atoms with E-state index in [-0.39, 0.29) is 30.8 Å². The number of H-pyrrole nitrogens is 2. The smallest absolute Gasteiger partial charge is 0.407 e. The molecule has 0 saturated carbocycles. The van der Waals surface area contributed by atoms with E-state index in [1.54, 1.807) is 33.8 Å². The Labute approximate surface area is 333 Å². The monoisotopic (exact) mass is 796 g/mol. The summed E-state index contributed by atoms with van der Waals surface area (Å²) in [5, 5.41) is 4.85. The van der Waals surface area contributed by atoms with Crippen molar-refractivity contribution in [2.75, 3.05) is 46.4 Å². The van der Waals surface area contributed by atoms with Gasteiger partial charge in [0.05, 0.1) is 54.1 Å². The SMILES string of the molecule is CC.CC(=O)NCC(=O)N1CCCC1.CCC.CCC.COC(=O)NCC(=O)N1CCCC1.c1ncc(-c2cc3sc(-c4ccc5nc[nH]c5c4)cc3s2)[nH]1. The second-order valence-electron chi connectivity index (χ2n) is 12.4. The lowest BCUT2D eigenvalue weighted by molar-refractivity contribution is -0.131. The van der Waals surface area contributed by atoms with E-state index in [1.807, 2.05) is 31.4 Å². The molecule has 7 rings (SSSR count). The topological polar surface area (TPSA) is 165 Å². The van der Waals surface area contributed by atoms with Crippen LogP contribution in [0, 0.1) is 0 Å². The first kappa shape index (κ1) is 46.4. The lowest BCUT2D eigenvalue weighted by Crippen LogP contribution is -2.38. The van der Waals surface area contributed by atoms with E-state index in [0.29, 0.717) is 0 Å². The summed E-state index contributed by atoms with van der Waals surface area (Å²) in [5.41, 5.74) is 4.39. The van der Waals surface area contributed by atoms with Gasteiger partial charge in [-0.15, -0.1) is 22.7 Å². The summed E-state index contributed by atoms with van der Waals surface area (Å²) in [5.74, 6) is -0.159. The summed E-state index contributed by atoms with van der Waals surface area (Å²) in [6.07, 6.45) is 11.5. The molecule has 2 aliphatic heterocycles. The molecule has 2 fully saturated rings. The summed E-state index contributed by atoms with van der Waals surface area (Å²) in [7, 11) is 1.27. The third-order valence-electron chi connectivity index (χ3n) is 7.65. The van der Waals surface area contributed by atoms with Crippen molar-refractivity contribution in [3.63, 3.8) is 0 Å². The predicted octanol–water partition coefficient (Wildman–Crippen LogP) is 8.46. The highest BCUT2D eigenvalue weighted by Gasteiger charge is 2.18. The molecule has 5 aromatic rings. The van der Waals surface area contributed by atoms with E-state index in [9.17, 15) is 19.2 Å². The number of hydrogen-bond acceptors (Lipinski definition) is 9. The molecule has 302 valence electrons. The first-order chi connectivity index (χ1) is 26.6. The Morgan fingerprint density at radius 1 is 0.764 bits per heavy atom. The third-order valence-corrected chi connectivity index (χ3v) is 10.0. The number of nitrogens with one attached hydrogen (secondary N) is 4. The quantitative estimate of drug-likeness (QED) is 0.134. The van der Waals surface area contributed by atoms with Crippen LogP contribution in [-0.4, -0.2) is 99.9 Å². The van der Waals surface area contributed by atoms with Crippen LogP contribution in [0.4, 0.5) is 4.79 Å². The normalized spacial score (nSPS) is 12.7. The molecule has 0 radical (unpaired) electrons. The van der Waals surface area contributed by atoms with Crippen molar-refractivity contribution in [1.82, 2.24) is 40.4 Å². The number of benzene rings is 1. The van der Waals surface area contributed by atoms with Crippen molar-refractivity contribution in [2.45, 2.75) is 87.0 Å². The van der Waals surface area contributed by atoms with Crippen molar-refractivity contribution in [1.29, 1.82) is 0 Å². The van der Waals surface area contributed by atoms with Gasteiger partial charge in [0.1, 0.15) is 6.54 Å². The van der Waals surface area contributed by atoms with Crippen LogP contribution in [0.3, 0.4) is 0 Å². The first-order valence-corrected chi connectivity index (χ1v) is 20.8. The van der Waals surface area contributed by atoms with Gasteiger partial charge in [0, 0.05) is 47.4 Å². The highest BCUT2D eigenvalue weighted by Crippen LogP contribution is 2.41. The molecule has 4 N–H and O–H groups in total. The maximum Gasteiger partial charge on any atom is 0.407 e. The number of imidazole rings is 2. The first-order valence-electron chi connectivity index (χ1n) is 19.2. The highest BCUT2D eigenvalue weighted by molar-refractivity contribution is 7.31. The Morgan fingerprint density at radius 3 is 1.80 bits per heavy atom. The molecular weight excluding hydrogens is 737 g/mol. The minimum atomic E-state index is -0.562. The fourth-order valence-electron chi connectivity index (χ4n) is 5.17. The molecule has 2 saturated heterocycles. The number of carbonyl (C=O) groups is 4.